The first-order valence-electron chi connectivity index (χ1n) is 8.74. The lowest BCUT2D eigenvalue weighted by Gasteiger charge is -2.25. The zero-order valence-corrected chi connectivity index (χ0v) is 18.5. The number of rotatable bonds is 8. The summed E-state index contributed by atoms with van der Waals surface area (Å²) in [6, 6.07) is 11.1. The smallest absolute Gasteiger partial charge is 0.191 e. The Balaban J connectivity index is 0.00000338. The Morgan fingerprint density at radius 2 is 1.96 bits per heavy atom. The minimum atomic E-state index is 0. The van der Waals surface area contributed by atoms with E-state index in [9.17, 15) is 0 Å². The third-order valence-electron chi connectivity index (χ3n) is 4.32. The van der Waals surface area contributed by atoms with Crippen LogP contribution in [0.3, 0.4) is 0 Å². The van der Waals surface area contributed by atoms with E-state index in [0.717, 1.165) is 37.6 Å². The molecule has 0 aliphatic rings. The molecule has 1 aromatic heterocycles. The molecule has 2 rings (SSSR count). The van der Waals surface area contributed by atoms with Gasteiger partial charge in [-0.1, -0.05) is 30.3 Å². The highest BCUT2D eigenvalue weighted by Gasteiger charge is 2.09. The number of hydrogen-bond donors (Lipinski definition) is 2. The molecule has 0 aliphatic heterocycles. The fraction of sp³-hybridized carbons (Fsp3) is 0.474. The normalized spacial score (nSPS) is 12.6. The number of aryl methyl sites for hydroxylation is 1. The Hall–Kier alpha value is -1.61. The first kappa shape index (κ1) is 22.4. The molecule has 1 atom stereocenters. The van der Waals surface area contributed by atoms with Crippen molar-refractivity contribution < 1.29 is 0 Å². The number of guanidine groups is 1. The zero-order valence-electron chi connectivity index (χ0n) is 16.1. The summed E-state index contributed by atoms with van der Waals surface area (Å²) in [5.74, 6) is 0.821. The molecule has 7 heteroatoms. The molecular weight excluding hydrogens is 439 g/mol. The summed E-state index contributed by atoms with van der Waals surface area (Å²) in [6.07, 6.45) is 4.92. The Kier molecular flexibility index (Phi) is 10.3. The molecule has 144 valence electrons. The van der Waals surface area contributed by atoms with E-state index in [0.29, 0.717) is 6.04 Å². The van der Waals surface area contributed by atoms with Gasteiger partial charge in [0.05, 0.1) is 6.20 Å². The van der Waals surface area contributed by atoms with Gasteiger partial charge in [-0.2, -0.15) is 5.10 Å². The van der Waals surface area contributed by atoms with E-state index in [2.05, 4.69) is 69.9 Å². The number of nitrogens with one attached hydrogen (secondary N) is 2. The molecule has 2 N–H and O–H groups in total. The van der Waals surface area contributed by atoms with Gasteiger partial charge in [0.25, 0.3) is 0 Å². The number of aliphatic imine (C=N–C) groups is 1. The highest BCUT2D eigenvalue weighted by atomic mass is 127. The number of nitrogens with zero attached hydrogens (tertiary/aromatic N) is 4. The van der Waals surface area contributed by atoms with Crippen LogP contribution < -0.4 is 10.6 Å². The summed E-state index contributed by atoms with van der Waals surface area (Å²) in [5, 5.41) is 10.9. The zero-order chi connectivity index (χ0) is 18.1. The average molecular weight is 470 g/mol. The van der Waals surface area contributed by atoms with Crippen LogP contribution in [0.1, 0.15) is 24.5 Å². The van der Waals surface area contributed by atoms with Gasteiger partial charge < -0.3 is 10.6 Å². The van der Waals surface area contributed by atoms with E-state index < -0.39 is 0 Å². The molecule has 0 fully saturated rings. The summed E-state index contributed by atoms with van der Waals surface area (Å²) in [6.45, 7) is 4.83. The number of benzene rings is 1. The van der Waals surface area contributed by atoms with Crippen LogP contribution in [0.15, 0.2) is 47.7 Å². The lowest BCUT2D eigenvalue weighted by molar-refractivity contribution is 0.238. The standard InChI is InChI=1S/C19H30N6.HI/c1-16(24(3)14-17-8-6-5-7-9-17)10-11-21-19(20-2)22-12-18-13-23-25(4)15-18;/h5-9,13,15-16H,10-12,14H2,1-4H3,(H2,20,21,22);1H. The van der Waals surface area contributed by atoms with Crippen molar-refractivity contribution >= 4 is 29.9 Å². The maximum absolute atomic E-state index is 4.27. The van der Waals surface area contributed by atoms with Gasteiger partial charge in [-0.15, -0.1) is 24.0 Å². The molecule has 2 aromatic rings. The fourth-order valence-corrected chi connectivity index (χ4v) is 2.62. The molecule has 0 bridgehead atoms. The maximum atomic E-state index is 4.27. The predicted molar refractivity (Wildman–Crippen MR) is 119 cm³/mol. The van der Waals surface area contributed by atoms with Crippen molar-refractivity contribution in [3.8, 4) is 0 Å². The molecule has 1 aromatic carbocycles. The summed E-state index contributed by atoms with van der Waals surface area (Å²) in [5.41, 5.74) is 2.49. The van der Waals surface area contributed by atoms with Gasteiger partial charge in [-0.3, -0.25) is 14.6 Å². The van der Waals surface area contributed by atoms with Gasteiger partial charge in [0, 0.05) is 51.5 Å². The van der Waals surface area contributed by atoms with Crippen LogP contribution in [0.25, 0.3) is 0 Å². The number of hydrogen-bond acceptors (Lipinski definition) is 3. The fourth-order valence-electron chi connectivity index (χ4n) is 2.62. The molecule has 0 aliphatic carbocycles. The molecule has 0 amide bonds. The Bertz CT molecular complexity index is 655. The molecule has 1 heterocycles. The van der Waals surface area contributed by atoms with Gasteiger partial charge >= 0.3 is 0 Å². The summed E-state index contributed by atoms with van der Waals surface area (Å²) >= 11 is 0. The van der Waals surface area contributed by atoms with Crippen molar-refractivity contribution in [1.82, 2.24) is 25.3 Å². The predicted octanol–water partition coefficient (Wildman–Crippen LogP) is 2.61. The molecule has 0 saturated carbocycles. The van der Waals surface area contributed by atoms with Crippen LogP contribution in [0, 0.1) is 0 Å². The van der Waals surface area contributed by atoms with Gasteiger partial charge in [-0.25, -0.2) is 0 Å². The van der Waals surface area contributed by atoms with Gasteiger partial charge in [-0.05, 0) is 26.0 Å². The summed E-state index contributed by atoms with van der Waals surface area (Å²) < 4.78 is 1.80. The number of aromatic nitrogens is 2. The third-order valence-corrected chi connectivity index (χ3v) is 4.32. The first-order valence-corrected chi connectivity index (χ1v) is 8.74. The molecule has 0 spiro atoms. The average Bonchev–Trinajstić information content (AvgIpc) is 3.04. The van der Waals surface area contributed by atoms with Gasteiger partial charge in [0.15, 0.2) is 5.96 Å². The second-order valence-corrected chi connectivity index (χ2v) is 6.41. The molecule has 0 radical (unpaired) electrons. The molecular formula is C19H31IN6. The van der Waals surface area contributed by atoms with E-state index >= 15 is 0 Å². The lowest BCUT2D eigenvalue weighted by Crippen LogP contribution is -2.39. The van der Waals surface area contributed by atoms with E-state index in [-0.39, 0.29) is 24.0 Å². The van der Waals surface area contributed by atoms with Crippen LogP contribution in [0.4, 0.5) is 0 Å². The van der Waals surface area contributed by atoms with Crippen molar-refractivity contribution in [2.24, 2.45) is 12.0 Å². The van der Waals surface area contributed by atoms with E-state index in [1.54, 1.807) is 11.7 Å². The van der Waals surface area contributed by atoms with Crippen molar-refractivity contribution in [2.45, 2.75) is 32.5 Å². The summed E-state index contributed by atoms with van der Waals surface area (Å²) in [4.78, 5) is 6.65. The minimum absolute atomic E-state index is 0. The topological polar surface area (TPSA) is 57.5 Å². The third kappa shape index (κ3) is 7.74. The van der Waals surface area contributed by atoms with Gasteiger partial charge in [0.2, 0.25) is 0 Å². The molecule has 26 heavy (non-hydrogen) atoms. The van der Waals surface area contributed by atoms with Crippen molar-refractivity contribution in [3.63, 3.8) is 0 Å². The Morgan fingerprint density at radius 3 is 2.58 bits per heavy atom. The van der Waals surface area contributed by atoms with Crippen LogP contribution in [-0.2, 0) is 20.1 Å². The van der Waals surface area contributed by atoms with Crippen LogP contribution >= 0.6 is 24.0 Å². The SMILES string of the molecule is CN=C(NCCC(C)N(C)Cc1ccccc1)NCc1cnn(C)c1.I. The maximum Gasteiger partial charge on any atom is 0.191 e. The molecule has 1 unspecified atom stereocenters. The van der Waals surface area contributed by atoms with Crippen molar-refractivity contribution in [1.29, 1.82) is 0 Å². The molecule has 0 saturated heterocycles. The lowest BCUT2D eigenvalue weighted by atomic mass is 10.1. The number of halogens is 1. The monoisotopic (exact) mass is 470 g/mol. The van der Waals surface area contributed by atoms with Gasteiger partial charge in [0.1, 0.15) is 0 Å². The van der Waals surface area contributed by atoms with Crippen LogP contribution in [0.2, 0.25) is 0 Å². The molecule has 6 nitrogen and oxygen atoms in total. The highest BCUT2D eigenvalue weighted by molar-refractivity contribution is 14.0. The van der Waals surface area contributed by atoms with Crippen molar-refractivity contribution in [2.75, 3.05) is 20.6 Å². The Morgan fingerprint density at radius 1 is 1.23 bits per heavy atom. The van der Waals surface area contributed by atoms with Crippen LogP contribution in [0.5, 0.6) is 0 Å². The van der Waals surface area contributed by atoms with E-state index in [4.69, 9.17) is 0 Å². The minimum Gasteiger partial charge on any atom is -0.356 e. The summed E-state index contributed by atoms with van der Waals surface area (Å²) in [7, 11) is 5.89. The van der Waals surface area contributed by atoms with E-state index in [1.165, 1.54) is 5.56 Å². The first-order chi connectivity index (χ1) is 12.1. The van der Waals surface area contributed by atoms with E-state index in [1.807, 2.05) is 19.4 Å². The Labute approximate surface area is 174 Å². The van der Waals surface area contributed by atoms with Crippen LogP contribution in [-0.4, -0.2) is 47.3 Å². The van der Waals surface area contributed by atoms with Crippen molar-refractivity contribution in [3.05, 3.63) is 53.9 Å². The quantitative estimate of drug-likeness (QED) is 0.354. The second-order valence-electron chi connectivity index (χ2n) is 6.41. The highest BCUT2D eigenvalue weighted by Crippen LogP contribution is 2.07. The largest absolute Gasteiger partial charge is 0.356 e. The second kappa shape index (κ2) is 11.9.